The highest BCUT2D eigenvalue weighted by Gasteiger charge is 2.27. The molecule has 0 spiro atoms. The van der Waals surface area contributed by atoms with Crippen LogP contribution in [-0.2, 0) is 17.8 Å². The normalized spacial score (nSPS) is 15.9. The highest BCUT2D eigenvalue weighted by Crippen LogP contribution is 2.29. The van der Waals surface area contributed by atoms with Gasteiger partial charge in [-0.05, 0) is 50.3 Å². The minimum absolute atomic E-state index is 0.119. The zero-order chi connectivity index (χ0) is 25.7. The number of urea groups is 1. The smallest absolute Gasteiger partial charge is 0.328 e. The summed E-state index contributed by atoms with van der Waals surface area (Å²) in [5, 5.41) is 12.2. The van der Waals surface area contributed by atoms with Gasteiger partial charge in [-0.2, -0.15) is 17.0 Å². The molecular formula is C25H31N7O3S. The third-order valence-electron chi connectivity index (χ3n) is 6.34. The van der Waals surface area contributed by atoms with Gasteiger partial charge in [0.2, 0.25) is 5.91 Å². The first-order valence-electron chi connectivity index (χ1n) is 12.0. The maximum absolute atomic E-state index is 13.2. The van der Waals surface area contributed by atoms with Crippen LogP contribution < -0.4 is 15.0 Å². The number of carbonyl (C=O) groups is 2. The minimum atomic E-state index is -0.336. The number of anilines is 2. The van der Waals surface area contributed by atoms with Gasteiger partial charge in [-0.1, -0.05) is 0 Å². The first kappa shape index (κ1) is 25.7. The Morgan fingerprint density at radius 1 is 1.31 bits per heavy atom. The van der Waals surface area contributed by atoms with E-state index < -0.39 is 0 Å². The Morgan fingerprint density at radius 2 is 2.14 bits per heavy atom. The van der Waals surface area contributed by atoms with Gasteiger partial charge in [-0.3, -0.25) is 19.9 Å². The van der Waals surface area contributed by atoms with Crippen molar-refractivity contribution < 1.29 is 14.3 Å². The first-order valence-corrected chi connectivity index (χ1v) is 13.3. The van der Waals surface area contributed by atoms with E-state index in [0.717, 1.165) is 42.0 Å². The summed E-state index contributed by atoms with van der Waals surface area (Å²) in [7, 11) is 1.95. The molecule has 2 aliphatic rings. The van der Waals surface area contributed by atoms with Crippen molar-refractivity contribution in [3.63, 3.8) is 0 Å². The summed E-state index contributed by atoms with van der Waals surface area (Å²) in [4.78, 5) is 40.2. The summed E-state index contributed by atoms with van der Waals surface area (Å²) in [6.45, 7) is 5.42. The molecular weight excluding hydrogens is 478 g/mol. The molecule has 4 rings (SSSR count). The molecule has 1 saturated heterocycles. The van der Waals surface area contributed by atoms with E-state index in [1.54, 1.807) is 22.7 Å². The number of nitrogens with one attached hydrogen (secondary N) is 1. The average Bonchev–Trinajstić information content (AvgIpc) is 2.86. The molecule has 0 bridgehead atoms. The van der Waals surface area contributed by atoms with E-state index in [4.69, 9.17) is 9.72 Å². The van der Waals surface area contributed by atoms with Crippen molar-refractivity contribution in [3.05, 3.63) is 40.7 Å². The second-order valence-corrected chi connectivity index (χ2v) is 9.96. The number of thioether (sulfide) groups is 1. The second-order valence-electron chi connectivity index (χ2n) is 8.97. The molecule has 0 unspecified atom stereocenters. The molecule has 3 amide bonds. The SMILES string of the molecule is CSCCOc1cc(NC(=O)N2CCCc3cc(CN4CCN(C)CC4=O)c(C)nc32)ncc1C#N. The molecule has 36 heavy (non-hydrogen) atoms. The number of nitriles is 1. The van der Waals surface area contributed by atoms with Gasteiger partial charge in [-0.25, -0.2) is 14.8 Å². The zero-order valence-corrected chi connectivity index (χ0v) is 21.7. The number of ether oxygens (including phenoxy) is 1. The van der Waals surface area contributed by atoms with E-state index in [-0.39, 0.29) is 11.9 Å². The van der Waals surface area contributed by atoms with E-state index in [2.05, 4.69) is 22.4 Å². The Hall–Kier alpha value is -3.36. The lowest BCUT2D eigenvalue weighted by Crippen LogP contribution is -2.48. The number of fused-ring (bicyclic) bond motifs is 1. The van der Waals surface area contributed by atoms with E-state index in [0.29, 0.717) is 55.7 Å². The molecule has 4 heterocycles. The molecule has 2 aromatic rings. The van der Waals surface area contributed by atoms with Crippen LogP contribution in [0.1, 0.15) is 28.8 Å². The minimum Gasteiger partial charge on any atom is -0.491 e. The fourth-order valence-electron chi connectivity index (χ4n) is 4.31. The van der Waals surface area contributed by atoms with Gasteiger partial charge in [0.1, 0.15) is 29.0 Å². The quantitative estimate of drug-likeness (QED) is 0.567. The number of aromatic nitrogens is 2. The summed E-state index contributed by atoms with van der Waals surface area (Å²) in [5.41, 5.74) is 3.13. The van der Waals surface area contributed by atoms with Gasteiger partial charge in [0, 0.05) is 43.7 Å². The van der Waals surface area contributed by atoms with Crippen LogP contribution in [0.5, 0.6) is 5.75 Å². The van der Waals surface area contributed by atoms with E-state index in [9.17, 15) is 14.9 Å². The summed E-state index contributed by atoms with van der Waals surface area (Å²) in [5.74, 6) is 2.25. The Bertz CT molecular complexity index is 1180. The van der Waals surface area contributed by atoms with Crippen LogP contribution in [-0.4, -0.2) is 83.5 Å². The van der Waals surface area contributed by atoms with Crippen molar-refractivity contribution in [1.82, 2.24) is 19.8 Å². The molecule has 0 saturated carbocycles. The first-order chi connectivity index (χ1) is 17.4. The molecule has 1 N–H and O–H groups in total. The number of hydrogen-bond donors (Lipinski definition) is 1. The van der Waals surface area contributed by atoms with Gasteiger partial charge >= 0.3 is 6.03 Å². The monoisotopic (exact) mass is 509 g/mol. The standard InChI is InChI=1S/C25H31N7O3S/c1-17-19(15-31-8-7-30(2)16-23(31)33)11-18-5-4-6-32(24(18)28-17)25(34)29-22-12-21(35-9-10-36-3)20(13-26)14-27-22/h11-12,14H,4-10,15-16H2,1-3H3,(H,27,29,34). The Balaban J connectivity index is 1.50. The molecule has 2 aliphatic heterocycles. The summed E-state index contributed by atoms with van der Waals surface area (Å²) >= 11 is 1.65. The molecule has 2 aromatic heterocycles. The largest absolute Gasteiger partial charge is 0.491 e. The third-order valence-corrected chi connectivity index (χ3v) is 6.91. The number of hydrogen-bond acceptors (Lipinski definition) is 8. The lowest BCUT2D eigenvalue weighted by atomic mass is 10.0. The van der Waals surface area contributed by atoms with Crippen molar-refractivity contribution in [2.75, 3.05) is 62.1 Å². The maximum Gasteiger partial charge on any atom is 0.328 e. The van der Waals surface area contributed by atoms with Crippen LogP contribution in [0.2, 0.25) is 0 Å². The predicted molar refractivity (Wildman–Crippen MR) is 139 cm³/mol. The highest BCUT2D eigenvalue weighted by molar-refractivity contribution is 7.98. The van der Waals surface area contributed by atoms with Gasteiger partial charge < -0.3 is 9.64 Å². The van der Waals surface area contributed by atoms with Crippen LogP contribution in [0, 0.1) is 18.3 Å². The Labute approximate surface area is 215 Å². The van der Waals surface area contributed by atoms with E-state index >= 15 is 0 Å². The fourth-order valence-corrected chi connectivity index (χ4v) is 4.56. The number of aryl methyl sites for hydroxylation is 2. The molecule has 11 heteroatoms. The number of likely N-dealkylation sites (N-methyl/N-ethyl adjacent to an activating group) is 1. The van der Waals surface area contributed by atoms with E-state index in [1.165, 1.54) is 6.20 Å². The lowest BCUT2D eigenvalue weighted by molar-refractivity contribution is -0.136. The molecule has 190 valence electrons. The number of rotatable bonds is 7. The van der Waals surface area contributed by atoms with E-state index in [1.807, 2.05) is 30.0 Å². The third kappa shape index (κ3) is 5.88. The highest BCUT2D eigenvalue weighted by atomic mass is 32.2. The van der Waals surface area contributed by atoms with Gasteiger partial charge in [0.25, 0.3) is 0 Å². The Morgan fingerprint density at radius 3 is 2.89 bits per heavy atom. The van der Waals surface area contributed by atoms with Crippen LogP contribution in [0.15, 0.2) is 18.3 Å². The number of nitrogens with zero attached hydrogens (tertiary/aromatic N) is 6. The molecule has 0 radical (unpaired) electrons. The molecule has 0 aromatic carbocycles. The number of pyridine rings is 2. The number of amides is 3. The summed E-state index contributed by atoms with van der Waals surface area (Å²) in [6, 6.07) is 5.40. The molecule has 0 aliphatic carbocycles. The van der Waals surface area contributed by atoms with Crippen molar-refractivity contribution in [1.29, 1.82) is 5.26 Å². The number of piperazine rings is 1. The molecule has 10 nitrogen and oxygen atoms in total. The number of carbonyl (C=O) groups excluding carboxylic acids is 2. The van der Waals surface area contributed by atoms with Crippen LogP contribution >= 0.6 is 11.8 Å². The van der Waals surface area contributed by atoms with Crippen molar-refractivity contribution >= 4 is 35.3 Å². The summed E-state index contributed by atoms with van der Waals surface area (Å²) in [6.07, 6.45) is 5.01. The van der Waals surface area contributed by atoms with Gasteiger partial charge in [-0.15, -0.1) is 0 Å². The Kier molecular flexibility index (Phi) is 8.28. The van der Waals surface area contributed by atoms with Gasteiger partial charge in [0.05, 0.1) is 19.3 Å². The second kappa shape index (κ2) is 11.6. The van der Waals surface area contributed by atoms with Crippen LogP contribution in [0.25, 0.3) is 0 Å². The molecule has 0 atom stereocenters. The average molecular weight is 510 g/mol. The fraction of sp³-hybridized carbons (Fsp3) is 0.480. The predicted octanol–water partition coefficient (Wildman–Crippen LogP) is 2.66. The summed E-state index contributed by atoms with van der Waals surface area (Å²) < 4.78 is 5.71. The zero-order valence-electron chi connectivity index (χ0n) is 20.9. The molecule has 1 fully saturated rings. The van der Waals surface area contributed by atoms with Crippen molar-refractivity contribution in [2.24, 2.45) is 0 Å². The van der Waals surface area contributed by atoms with Crippen molar-refractivity contribution in [3.8, 4) is 11.8 Å². The van der Waals surface area contributed by atoms with Crippen LogP contribution in [0.4, 0.5) is 16.4 Å². The lowest BCUT2D eigenvalue weighted by Gasteiger charge is -2.33. The maximum atomic E-state index is 13.2. The topological polar surface area (TPSA) is 115 Å². The van der Waals surface area contributed by atoms with Gasteiger partial charge in [0.15, 0.2) is 0 Å². The van der Waals surface area contributed by atoms with Crippen LogP contribution in [0.3, 0.4) is 0 Å². The van der Waals surface area contributed by atoms with Crippen molar-refractivity contribution in [2.45, 2.75) is 26.3 Å².